The van der Waals surface area contributed by atoms with Gasteiger partial charge in [-0.1, -0.05) is 56.0 Å². The lowest BCUT2D eigenvalue weighted by Crippen LogP contribution is -2.31. The molecule has 0 bridgehead atoms. The summed E-state index contributed by atoms with van der Waals surface area (Å²) < 4.78 is 13.9. The van der Waals surface area contributed by atoms with E-state index >= 15 is 0 Å². The minimum Gasteiger partial charge on any atom is -0.497 e. The fraction of sp³-hybridized carbons (Fsp3) is 0.280. The van der Waals surface area contributed by atoms with Gasteiger partial charge in [0.05, 0.1) is 18.6 Å². The maximum atomic E-state index is 12.9. The Morgan fingerprint density at radius 2 is 1.81 bits per heavy atom. The third-order valence-corrected chi connectivity index (χ3v) is 6.57. The zero-order valence-electron chi connectivity index (χ0n) is 18.4. The van der Waals surface area contributed by atoms with E-state index in [-0.39, 0.29) is 5.91 Å². The predicted octanol–water partition coefficient (Wildman–Crippen LogP) is 5.59. The molecular weight excluding hydrogens is 440 g/mol. The Kier molecular flexibility index (Phi) is 6.86. The number of hydrogen-bond donors (Lipinski definition) is 0. The van der Waals surface area contributed by atoms with Crippen LogP contribution < -0.4 is 9.47 Å². The number of hydrogen-bond acceptors (Lipinski definition) is 5. The summed E-state index contributed by atoms with van der Waals surface area (Å²) in [7, 11) is 1.65. The number of para-hydroxylation sites is 1. The molecule has 32 heavy (non-hydrogen) atoms. The van der Waals surface area contributed by atoms with Crippen molar-refractivity contribution in [1.29, 1.82) is 0 Å². The van der Waals surface area contributed by atoms with Gasteiger partial charge < -0.3 is 14.0 Å². The molecule has 7 heteroatoms. The van der Waals surface area contributed by atoms with Gasteiger partial charge in [0.1, 0.15) is 22.4 Å². The van der Waals surface area contributed by atoms with Crippen molar-refractivity contribution in [2.75, 3.05) is 20.3 Å². The number of amides is 1. The molecule has 1 aliphatic rings. The quantitative estimate of drug-likeness (QED) is 0.320. The van der Waals surface area contributed by atoms with Crippen LogP contribution in [0.4, 0.5) is 0 Å². The number of thiocarbonyl (C=S) groups is 1. The van der Waals surface area contributed by atoms with Crippen molar-refractivity contribution in [2.45, 2.75) is 20.4 Å². The van der Waals surface area contributed by atoms with Crippen molar-refractivity contribution < 1.29 is 14.3 Å². The van der Waals surface area contributed by atoms with Crippen molar-refractivity contribution in [3.63, 3.8) is 0 Å². The topological polar surface area (TPSA) is 43.7 Å². The van der Waals surface area contributed by atoms with E-state index < -0.39 is 0 Å². The number of benzene rings is 2. The van der Waals surface area contributed by atoms with Crippen LogP contribution in [-0.2, 0) is 11.3 Å². The number of thioether (sulfide) groups is 1. The van der Waals surface area contributed by atoms with Crippen LogP contribution in [0.2, 0.25) is 0 Å². The smallest absolute Gasteiger partial charge is 0.266 e. The van der Waals surface area contributed by atoms with Crippen LogP contribution >= 0.6 is 24.0 Å². The van der Waals surface area contributed by atoms with E-state index in [1.807, 2.05) is 42.5 Å². The average molecular weight is 467 g/mol. The third kappa shape index (κ3) is 4.84. The van der Waals surface area contributed by atoms with Crippen LogP contribution in [0.15, 0.2) is 59.6 Å². The highest BCUT2D eigenvalue weighted by atomic mass is 32.2. The van der Waals surface area contributed by atoms with Crippen LogP contribution in [0, 0.1) is 5.92 Å². The number of rotatable bonds is 8. The highest BCUT2D eigenvalue weighted by Gasteiger charge is 2.32. The summed E-state index contributed by atoms with van der Waals surface area (Å²) >= 11 is 6.83. The maximum absolute atomic E-state index is 12.9. The van der Waals surface area contributed by atoms with Crippen molar-refractivity contribution in [3.05, 3.63) is 65.2 Å². The number of carbonyl (C=O) groups excluding carboxylic acids is 1. The first-order chi connectivity index (χ1) is 15.5. The predicted molar refractivity (Wildman–Crippen MR) is 135 cm³/mol. The lowest BCUT2D eigenvalue weighted by atomic mass is 10.1. The monoisotopic (exact) mass is 466 g/mol. The Morgan fingerprint density at radius 3 is 2.53 bits per heavy atom. The summed E-state index contributed by atoms with van der Waals surface area (Å²) in [4.78, 5) is 15.3. The van der Waals surface area contributed by atoms with E-state index in [4.69, 9.17) is 21.7 Å². The fourth-order valence-corrected chi connectivity index (χ4v) is 4.94. The summed E-state index contributed by atoms with van der Waals surface area (Å²) in [6.45, 7) is 6.04. The molecular formula is C25H26N2O3S2. The lowest BCUT2D eigenvalue weighted by Gasteiger charge is -2.16. The van der Waals surface area contributed by atoms with E-state index in [1.165, 1.54) is 11.8 Å². The van der Waals surface area contributed by atoms with E-state index in [2.05, 4.69) is 36.7 Å². The van der Waals surface area contributed by atoms with Gasteiger partial charge in [-0.3, -0.25) is 9.69 Å². The molecule has 0 saturated carbocycles. The molecule has 0 spiro atoms. The molecule has 5 nitrogen and oxygen atoms in total. The minimum absolute atomic E-state index is 0.00614. The second-order valence-corrected chi connectivity index (χ2v) is 9.68. The molecule has 0 atom stereocenters. The number of methoxy groups -OCH3 is 1. The van der Waals surface area contributed by atoms with Crippen molar-refractivity contribution in [3.8, 4) is 11.5 Å². The molecule has 2 aromatic carbocycles. The zero-order valence-corrected chi connectivity index (χ0v) is 20.0. The fourth-order valence-electron chi connectivity index (χ4n) is 3.67. The average Bonchev–Trinajstić information content (AvgIpc) is 3.26. The van der Waals surface area contributed by atoms with Gasteiger partial charge in [0.2, 0.25) is 0 Å². The second kappa shape index (κ2) is 9.79. The number of aromatic nitrogens is 1. The standard InChI is InChI=1S/C25H26N2O3S2/c1-17(2)15-27-24(28)23(32-25(27)31)14-18-16-26(22-7-5-4-6-21(18)22)12-13-30-20-10-8-19(29-3)9-11-20/h4-11,14,16-17H,12-13,15H2,1-3H3/b23-14-. The molecule has 0 N–H and O–H groups in total. The molecule has 3 aromatic rings. The summed E-state index contributed by atoms with van der Waals surface area (Å²) in [5.74, 6) is 1.96. The molecule has 2 heterocycles. The number of ether oxygens (including phenoxy) is 2. The molecule has 1 aliphatic heterocycles. The summed E-state index contributed by atoms with van der Waals surface area (Å²) in [5, 5.41) is 1.10. The summed E-state index contributed by atoms with van der Waals surface area (Å²) in [6, 6.07) is 15.8. The van der Waals surface area contributed by atoms with E-state index in [0.29, 0.717) is 34.8 Å². The first-order valence-electron chi connectivity index (χ1n) is 10.6. The molecule has 0 unspecified atom stereocenters. The van der Waals surface area contributed by atoms with Crippen LogP contribution in [0.5, 0.6) is 11.5 Å². The highest BCUT2D eigenvalue weighted by molar-refractivity contribution is 8.26. The normalized spacial score (nSPS) is 15.4. The number of fused-ring (bicyclic) bond motifs is 1. The molecule has 1 aromatic heterocycles. The van der Waals surface area contributed by atoms with Gasteiger partial charge in [0.15, 0.2) is 0 Å². The Bertz CT molecular complexity index is 1170. The largest absolute Gasteiger partial charge is 0.497 e. The molecule has 1 saturated heterocycles. The Morgan fingerprint density at radius 1 is 1.09 bits per heavy atom. The van der Waals surface area contributed by atoms with E-state index in [0.717, 1.165) is 28.0 Å². The van der Waals surface area contributed by atoms with Crippen LogP contribution in [0.3, 0.4) is 0 Å². The summed E-state index contributed by atoms with van der Waals surface area (Å²) in [5.41, 5.74) is 2.12. The van der Waals surface area contributed by atoms with E-state index in [1.54, 1.807) is 12.0 Å². The van der Waals surface area contributed by atoms with Gasteiger partial charge in [-0.2, -0.15) is 0 Å². The lowest BCUT2D eigenvalue weighted by molar-refractivity contribution is -0.122. The van der Waals surface area contributed by atoms with Crippen LogP contribution in [0.1, 0.15) is 19.4 Å². The first-order valence-corrected chi connectivity index (χ1v) is 11.8. The maximum Gasteiger partial charge on any atom is 0.266 e. The number of nitrogens with zero attached hydrogens (tertiary/aromatic N) is 2. The SMILES string of the molecule is COc1ccc(OCCn2cc(/C=C3\SC(=S)N(CC(C)C)C3=O)c3ccccc32)cc1. The molecule has 1 amide bonds. The van der Waals surface area contributed by atoms with Crippen LogP contribution in [-0.4, -0.2) is 40.0 Å². The van der Waals surface area contributed by atoms with Gasteiger partial charge in [-0.25, -0.2) is 0 Å². The van der Waals surface area contributed by atoms with Crippen molar-refractivity contribution in [1.82, 2.24) is 9.47 Å². The van der Waals surface area contributed by atoms with Gasteiger partial charge in [-0.15, -0.1) is 0 Å². The summed E-state index contributed by atoms with van der Waals surface area (Å²) in [6.07, 6.45) is 4.04. The molecule has 0 radical (unpaired) electrons. The van der Waals surface area contributed by atoms with Gasteiger partial charge in [-0.05, 0) is 42.3 Å². The van der Waals surface area contributed by atoms with Crippen LogP contribution in [0.25, 0.3) is 17.0 Å². The second-order valence-electron chi connectivity index (χ2n) is 8.01. The first kappa shape index (κ1) is 22.4. The van der Waals surface area contributed by atoms with Gasteiger partial charge >= 0.3 is 0 Å². The van der Waals surface area contributed by atoms with Gasteiger partial charge in [0.25, 0.3) is 5.91 Å². The highest BCUT2D eigenvalue weighted by Crippen LogP contribution is 2.34. The minimum atomic E-state index is -0.00614. The Labute approximate surface area is 198 Å². The van der Waals surface area contributed by atoms with Crippen molar-refractivity contribution in [2.24, 2.45) is 5.92 Å². The molecule has 0 aliphatic carbocycles. The molecule has 1 fully saturated rings. The van der Waals surface area contributed by atoms with Gasteiger partial charge in [0, 0.05) is 29.2 Å². The third-order valence-electron chi connectivity index (χ3n) is 5.19. The Balaban J connectivity index is 1.53. The van der Waals surface area contributed by atoms with E-state index in [9.17, 15) is 4.79 Å². The zero-order chi connectivity index (χ0) is 22.7. The molecule has 4 rings (SSSR count). The number of carbonyl (C=O) groups is 1. The molecule has 166 valence electrons. The van der Waals surface area contributed by atoms with Crippen molar-refractivity contribution >= 4 is 51.2 Å². The Hall–Kier alpha value is -2.77.